The summed E-state index contributed by atoms with van der Waals surface area (Å²) >= 11 is 3.35. The SMILES string of the molecule is CC1(c2cccc(Br)c2)NC(=O)N(CC(=O)Nc2cccc(C#N)c2)C1=O. The summed E-state index contributed by atoms with van der Waals surface area (Å²) in [5.41, 5.74) is 0.174. The average molecular weight is 427 g/mol. The number of hydrogen-bond acceptors (Lipinski definition) is 4. The van der Waals surface area contributed by atoms with Gasteiger partial charge >= 0.3 is 6.03 Å². The quantitative estimate of drug-likeness (QED) is 0.733. The third-order valence-electron chi connectivity index (χ3n) is 4.25. The number of urea groups is 1. The zero-order chi connectivity index (χ0) is 19.6. The molecule has 136 valence electrons. The van der Waals surface area contributed by atoms with Crippen LogP contribution < -0.4 is 10.6 Å². The minimum absolute atomic E-state index is 0.394. The summed E-state index contributed by atoms with van der Waals surface area (Å²) in [7, 11) is 0. The van der Waals surface area contributed by atoms with Crippen molar-refractivity contribution in [3.05, 3.63) is 64.1 Å². The number of nitrogens with one attached hydrogen (secondary N) is 2. The van der Waals surface area contributed by atoms with Gasteiger partial charge in [-0.1, -0.05) is 34.1 Å². The highest BCUT2D eigenvalue weighted by Gasteiger charge is 2.49. The first-order valence-corrected chi connectivity index (χ1v) is 8.83. The molecule has 4 amide bonds. The molecule has 1 saturated heterocycles. The maximum Gasteiger partial charge on any atom is 0.325 e. The second kappa shape index (κ2) is 7.21. The summed E-state index contributed by atoms with van der Waals surface area (Å²) in [6.07, 6.45) is 0. The van der Waals surface area contributed by atoms with Crippen molar-refractivity contribution >= 4 is 39.5 Å². The lowest BCUT2D eigenvalue weighted by Crippen LogP contribution is -2.42. The van der Waals surface area contributed by atoms with Gasteiger partial charge in [-0.05, 0) is 42.8 Å². The van der Waals surface area contributed by atoms with Crippen LogP contribution in [0.1, 0.15) is 18.1 Å². The number of hydrogen-bond donors (Lipinski definition) is 2. The van der Waals surface area contributed by atoms with E-state index in [2.05, 4.69) is 26.6 Å². The molecule has 2 aromatic rings. The molecule has 1 aliphatic rings. The first kappa shape index (κ1) is 18.6. The molecule has 7 nitrogen and oxygen atoms in total. The Balaban J connectivity index is 1.75. The van der Waals surface area contributed by atoms with Crippen LogP contribution in [-0.2, 0) is 15.1 Å². The van der Waals surface area contributed by atoms with Gasteiger partial charge in [0.2, 0.25) is 5.91 Å². The largest absolute Gasteiger partial charge is 0.325 e. The number of imide groups is 1. The number of anilines is 1. The van der Waals surface area contributed by atoms with Gasteiger partial charge in [0.25, 0.3) is 5.91 Å². The lowest BCUT2D eigenvalue weighted by molar-refractivity contribution is -0.133. The van der Waals surface area contributed by atoms with Crippen molar-refractivity contribution in [1.29, 1.82) is 5.26 Å². The van der Waals surface area contributed by atoms with Crippen molar-refractivity contribution in [3.63, 3.8) is 0 Å². The van der Waals surface area contributed by atoms with Crippen molar-refractivity contribution < 1.29 is 14.4 Å². The van der Waals surface area contributed by atoms with Crippen LogP contribution in [0.4, 0.5) is 10.5 Å². The maximum absolute atomic E-state index is 12.8. The molecule has 2 aromatic carbocycles. The molecule has 0 bridgehead atoms. The van der Waals surface area contributed by atoms with E-state index >= 15 is 0 Å². The minimum atomic E-state index is -1.25. The number of nitrogens with zero attached hydrogens (tertiary/aromatic N) is 2. The van der Waals surface area contributed by atoms with Crippen molar-refractivity contribution in [2.45, 2.75) is 12.5 Å². The fourth-order valence-electron chi connectivity index (χ4n) is 2.85. The van der Waals surface area contributed by atoms with Crippen molar-refractivity contribution in [2.75, 3.05) is 11.9 Å². The molecule has 0 radical (unpaired) electrons. The van der Waals surface area contributed by atoms with Crippen LogP contribution in [0.5, 0.6) is 0 Å². The molecule has 1 aliphatic heterocycles. The fraction of sp³-hybridized carbons (Fsp3) is 0.158. The molecule has 0 aromatic heterocycles. The van der Waals surface area contributed by atoms with Crippen molar-refractivity contribution in [2.24, 2.45) is 0 Å². The summed E-state index contributed by atoms with van der Waals surface area (Å²) in [6.45, 7) is 1.17. The number of halogens is 1. The molecule has 1 fully saturated rings. The Morgan fingerprint density at radius 3 is 2.70 bits per heavy atom. The van der Waals surface area contributed by atoms with Crippen molar-refractivity contribution in [3.8, 4) is 6.07 Å². The van der Waals surface area contributed by atoms with Crippen LogP contribution in [0.15, 0.2) is 53.0 Å². The third-order valence-corrected chi connectivity index (χ3v) is 4.75. The van der Waals surface area contributed by atoms with E-state index in [0.717, 1.165) is 9.37 Å². The van der Waals surface area contributed by atoms with E-state index in [0.29, 0.717) is 16.8 Å². The Bertz CT molecular complexity index is 985. The molecule has 1 atom stereocenters. The number of benzene rings is 2. The number of carbonyl (C=O) groups is 3. The van der Waals surface area contributed by atoms with Crippen LogP contribution in [0, 0.1) is 11.3 Å². The molecule has 1 unspecified atom stereocenters. The summed E-state index contributed by atoms with van der Waals surface area (Å²) in [6, 6.07) is 14.8. The molecule has 3 rings (SSSR count). The molecule has 8 heteroatoms. The van der Waals surface area contributed by atoms with Gasteiger partial charge in [-0.25, -0.2) is 4.79 Å². The van der Waals surface area contributed by atoms with Crippen molar-refractivity contribution in [1.82, 2.24) is 10.2 Å². The molecule has 0 saturated carbocycles. The van der Waals surface area contributed by atoms with Crippen LogP contribution >= 0.6 is 15.9 Å². The van der Waals surface area contributed by atoms with Crippen LogP contribution in [-0.4, -0.2) is 29.3 Å². The standard InChI is InChI=1S/C19H15BrN4O3/c1-19(13-5-3-6-14(20)9-13)17(26)24(18(27)23-19)11-16(25)22-15-7-2-4-12(8-15)10-21/h2-9H,11H2,1H3,(H,22,25)(H,23,27). The molecular formula is C19H15BrN4O3. The topological polar surface area (TPSA) is 102 Å². The van der Waals surface area contributed by atoms with Gasteiger partial charge in [0, 0.05) is 10.2 Å². The Morgan fingerprint density at radius 2 is 2.00 bits per heavy atom. The van der Waals surface area contributed by atoms with Gasteiger partial charge in [-0.15, -0.1) is 0 Å². The Kier molecular flexibility index (Phi) is 4.97. The molecular weight excluding hydrogens is 412 g/mol. The Hall–Kier alpha value is -3.18. The zero-order valence-corrected chi connectivity index (χ0v) is 15.9. The van der Waals surface area contributed by atoms with Gasteiger partial charge in [0.1, 0.15) is 12.1 Å². The van der Waals surface area contributed by atoms with E-state index < -0.39 is 29.9 Å². The van der Waals surface area contributed by atoms with E-state index in [9.17, 15) is 14.4 Å². The maximum atomic E-state index is 12.8. The summed E-state index contributed by atoms with van der Waals surface area (Å²) < 4.78 is 0.775. The van der Waals surface area contributed by atoms with Gasteiger partial charge < -0.3 is 10.6 Å². The lowest BCUT2D eigenvalue weighted by atomic mass is 9.92. The monoisotopic (exact) mass is 426 g/mol. The molecule has 0 aliphatic carbocycles. The normalized spacial score (nSPS) is 18.8. The van der Waals surface area contributed by atoms with Gasteiger partial charge in [0.15, 0.2) is 0 Å². The first-order valence-electron chi connectivity index (χ1n) is 8.03. The molecule has 2 N–H and O–H groups in total. The second-order valence-corrected chi connectivity index (χ2v) is 7.11. The van der Waals surface area contributed by atoms with Crippen LogP contribution in [0.3, 0.4) is 0 Å². The third kappa shape index (κ3) is 3.68. The molecule has 0 spiro atoms. The van der Waals surface area contributed by atoms with E-state index in [4.69, 9.17) is 5.26 Å². The van der Waals surface area contributed by atoms with Gasteiger partial charge in [0.05, 0.1) is 11.6 Å². The summed E-state index contributed by atoms with van der Waals surface area (Å²) in [5.74, 6) is -1.04. The van der Waals surface area contributed by atoms with Gasteiger partial charge in [-0.2, -0.15) is 5.26 Å². The average Bonchev–Trinajstić information content (AvgIpc) is 2.86. The van der Waals surface area contributed by atoms with Crippen LogP contribution in [0.2, 0.25) is 0 Å². The van der Waals surface area contributed by atoms with Crippen LogP contribution in [0.25, 0.3) is 0 Å². The van der Waals surface area contributed by atoms with E-state index in [1.807, 2.05) is 12.1 Å². The number of rotatable bonds is 4. The minimum Gasteiger partial charge on any atom is -0.324 e. The molecule has 1 heterocycles. The second-order valence-electron chi connectivity index (χ2n) is 6.20. The van der Waals surface area contributed by atoms with E-state index in [1.54, 1.807) is 43.3 Å². The highest BCUT2D eigenvalue weighted by atomic mass is 79.9. The Morgan fingerprint density at radius 1 is 1.26 bits per heavy atom. The molecule has 27 heavy (non-hydrogen) atoms. The number of carbonyl (C=O) groups excluding carboxylic acids is 3. The highest BCUT2D eigenvalue weighted by Crippen LogP contribution is 2.30. The highest BCUT2D eigenvalue weighted by molar-refractivity contribution is 9.10. The van der Waals surface area contributed by atoms with Gasteiger partial charge in [-0.3, -0.25) is 14.5 Å². The first-order chi connectivity index (χ1) is 12.8. The number of nitriles is 1. The fourth-order valence-corrected chi connectivity index (χ4v) is 3.25. The zero-order valence-electron chi connectivity index (χ0n) is 14.3. The van der Waals surface area contributed by atoms with E-state index in [-0.39, 0.29) is 0 Å². The summed E-state index contributed by atoms with van der Waals surface area (Å²) in [4.78, 5) is 38.3. The lowest BCUT2D eigenvalue weighted by Gasteiger charge is -2.22. The summed E-state index contributed by atoms with van der Waals surface area (Å²) in [5, 5.41) is 14.2. The number of amides is 4. The van der Waals surface area contributed by atoms with E-state index in [1.165, 1.54) is 6.07 Å². The smallest absolute Gasteiger partial charge is 0.324 e. The predicted molar refractivity (Wildman–Crippen MR) is 102 cm³/mol. The predicted octanol–water partition coefficient (Wildman–Crippen LogP) is 2.73. The Labute approximate surface area is 164 Å².